The van der Waals surface area contributed by atoms with Gasteiger partial charge in [0, 0.05) is 13.1 Å². The highest BCUT2D eigenvalue weighted by Gasteiger charge is 2.36. The highest BCUT2D eigenvalue weighted by molar-refractivity contribution is 8.00. The third-order valence-corrected chi connectivity index (χ3v) is 6.28. The van der Waals surface area contributed by atoms with Crippen LogP contribution in [0.25, 0.3) is 0 Å². The maximum atomic E-state index is 5.92. The molecule has 1 aromatic rings. The lowest BCUT2D eigenvalue weighted by Crippen LogP contribution is -2.46. The Hall–Kier alpha value is -0.750. The predicted molar refractivity (Wildman–Crippen MR) is 84.0 cm³/mol. The minimum atomic E-state index is 0.123. The van der Waals surface area contributed by atoms with Crippen LogP contribution in [0.3, 0.4) is 0 Å². The zero-order valence-electron chi connectivity index (χ0n) is 12.5. The Labute approximate surface area is 125 Å². The van der Waals surface area contributed by atoms with Gasteiger partial charge in [-0.2, -0.15) is 4.98 Å². The van der Waals surface area contributed by atoms with Crippen LogP contribution < -0.4 is 10.6 Å². The number of nitrogens with zero attached hydrogens (tertiary/aromatic N) is 3. The van der Waals surface area contributed by atoms with Crippen LogP contribution in [-0.2, 0) is 4.75 Å². The summed E-state index contributed by atoms with van der Waals surface area (Å²) in [6.45, 7) is 7.27. The molecule has 20 heavy (non-hydrogen) atoms. The monoisotopic (exact) mass is 295 g/mol. The van der Waals surface area contributed by atoms with E-state index >= 15 is 0 Å². The van der Waals surface area contributed by atoms with E-state index in [2.05, 4.69) is 28.9 Å². The molecule has 2 aliphatic rings. The molecule has 0 bridgehead atoms. The van der Waals surface area contributed by atoms with Crippen LogP contribution in [0.5, 0.6) is 0 Å². The molecule has 0 saturated carbocycles. The summed E-state index contributed by atoms with van der Waals surface area (Å²) < 4.78 is 0.123. The first kappa shape index (κ1) is 14.2. The van der Waals surface area contributed by atoms with E-state index < -0.39 is 0 Å². The van der Waals surface area contributed by atoms with Crippen molar-refractivity contribution < 1.29 is 0 Å². The van der Waals surface area contributed by atoms with Crippen molar-refractivity contribution in [3.63, 3.8) is 0 Å². The van der Waals surface area contributed by atoms with Gasteiger partial charge in [0.05, 0.1) is 4.75 Å². The summed E-state index contributed by atoms with van der Waals surface area (Å²) in [5.41, 5.74) is 6.12. The van der Waals surface area contributed by atoms with E-state index in [1.807, 2.05) is 11.8 Å². The zero-order chi connectivity index (χ0) is 14.2. The SMILES string of the molecule is CC1(CN)CCCN(c2n[nH]c(C3(C)CCCS3)n2)C1. The number of anilines is 1. The molecule has 3 N–H and O–H groups in total. The maximum absolute atomic E-state index is 5.92. The number of hydrogen-bond acceptors (Lipinski definition) is 5. The lowest BCUT2D eigenvalue weighted by Gasteiger charge is -2.39. The molecule has 2 atom stereocenters. The molecule has 0 aliphatic carbocycles. The smallest absolute Gasteiger partial charge is 0.244 e. The quantitative estimate of drug-likeness (QED) is 0.893. The van der Waals surface area contributed by atoms with Gasteiger partial charge in [0.1, 0.15) is 5.82 Å². The van der Waals surface area contributed by atoms with Crippen LogP contribution in [0.2, 0.25) is 0 Å². The van der Waals surface area contributed by atoms with Crippen molar-refractivity contribution in [1.29, 1.82) is 0 Å². The molecule has 1 aromatic heterocycles. The highest BCUT2D eigenvalue weighted by atomic mass is 32.2. The summed E-state index contributed by atoms with van der Waals surface area (Å²) >= 11 is 1.99. The molecule has 3 heterocycles. The third-order valence-electron chi connectivity index (χ3n) is 4.75. The summed E-state index contributed by atoms with van der Waals surface area (Å²) in [6.07, 6.45) is 4.83. The number of piperidine rings is 1. The lowest BCUT2D eigenvalue weighted by molar-refractivity contribution is 0.270. The predicted octanol–water partition coefficient (Wildman–Crippen LogP) is 2.11. The average Bonchev–Trinajstić information content (AvgIpc) is 3.08. The second-order valence-electron chi connectivity index (χ2n) is 6.71. The number of thioether (sulfide) groups is 1. The molecule has 0 aromatic carbocycles. The fraction of sp³-hybridized carbons (Fsp3) is 0.857. The Morgan fingerprint density at radius 2 is 2.20 bits per heavy atom. The molecule has 3 rings (SSSR count). The van der Waals surface area contributed by atoms with Crippen molar-refractivity contribution in [2.75, 3.05) is 30.3 Å². The number of nitrogens with two attached hydrogens (primary N) is 1. The van der Waals surface area contributed by atoms with Crippen LogP contribution in [0.1, 0.15) is 45.4 Å². The van der Waals surface area contributed by atoms with E-state index in [9.17, 15) is 0 Å². The van der Waals surface area contributed by atoms with Crippen LogP contribution in [0.15, 0.2) is 0 Å². The van der Waals surface area contributed by atoms with Gasteiger partial charge >= 0.3 is 0 Å². The molecule has 2 saturated heterocycles. The van der Waals surface area contributed by atoms with Gasteiger partial charge in [0.2, 0.25) is 5.95 Å². The number of rotatable bonds is 3. The van der Waals surface area contributed by atoms with Crippen molar-refractivity contribution in [2.24, 2.45) is 11.1 Å². The van der Waals surface area contributed by atoms with Crippen molar-refractivity contribution in [3.8, 4) is 0 Å². The van der Waals surface area contributed by atoms with E-state index in [0.717, 1.165) is 31.4 Å². The fourth-order valence-corrected chi connectivity index (χ4v) is 4.51. The van der Waals surface area contributed by atoms with Crippen LogP contribution >= 0.6 is 11.8 Å². The van der Waals surface area contributed by atoms with Gasteiger partial charge in [-0.05, 0) is 50.3 Å². The molecule has 0 amide bonds. The second-order valence-corrected chi connectivity index (χ2v) is 8.30. The Morgan fingerprint density at radius 3 is 2.90 bits per heavy atom. The summed E-state index contributed by atoms with van der Waals surface area (Å²) in [5, 5.41) is 7.64. The number of nitrogens with one attached hydrogen (secondary N) is 1. The van der Waals surface area contributed by atoms with Gasteiger partial charge in [-0.25, -0.2) is 0 Å². The van der Waals surface area contributed by atoms with E-state index in [1.165, 1.54) is 31.4 Å². The first-order valence-electron chi connectivity index (χ1n) is 7.57. The average molecular weight is 295 g/mol. The molecular formula is C14H25N5S. The number of H-pyrrole nitrogens is 1. The maximum Gasteiger partial charge on any atom is 0.244 e. The van der Waals surface area contributed by atoms with Crippen molar-refractivity contribution in [1.82, 2.24) is 15.2 Å². The van der Waals surface area contributed by atoms with E-state index in [-0.39, 0.29) is 10.2 Å². The Kier molecular flexibility index (Phi) is 3.71. The van der Waals surface area contributed by atoms with Gasteiger partial charge in [0.15, 0.2) is 0 Å². The lowest BCUT2D eigenvalue weighted by atomic mass is 9.82. The number of aromatic amines is 1. The topological polar surface area (TPSA) is 70.8 Å². The highest BCUT2D eigenvalue weighted by Crippen LogP contribution is 2.45. The van der Waals surface area contributed by atoms with Gasteiger partial charge in [-0.1, -0.05) is 6.92 Å². The molecule has 2 fully saturated rings. The van der Waals surface area contributed by atoms with E-state index in [0.29, 0.717) is 0 Å². The minimum Gasteiger partial charge on any atom is -0.339 e. The molecular weight excluding hydrogens is 270 g/mol. The van der Waals surface area contributed by atoms with Crippen LogP contribution in [-0.4, -0.2) is 40.6 Å². The standard InChI is InChI=1S/C14H25N5S/c1-13(9-15)5-3-7-19(10-13)12-16-11(17-18-12)14(2)6-4-8-20-14/h3-10,15H2,1-2H3,(H,16,17,18). The van der Waals surface area contributed by atoms with Gasteiger partial charge in [0.25, 0.3) is 0 Å². The van der Waals surface area contributed by atoms with Crippen LogP contribution in [0, 0.1) is 5.41 Å². The summed E-state index contributed by atoms with van der Waals surface area (Å²) in [5.74, 6) is 3.12. The molecule has 5 nitrogen and oxygen atoms in total. The third kappa shape index (κ3) is 2.55. The number of aromatic nitrogens is 3. The van der Waals surface area contributed by atoms with Crippen LogP contribution in [0.4, 0.5) is 5.95 Å². The summed E-state index contributed by atoms with van der Waals surface area (Å²) in [7, 11) is 0. The van der Waals surface area contributed by atoms with E-state index in [4.69, 9.17) is 10.7 Å². The first-order chi connectivity index (χ1) is 9.55. The fourth-order valence-electron chi connectivity index (χ4n) is 3.25. The first-order valence-corrected chi connectivity index (χ1v) is 8.55. The molecule has 0 radical (unpaired) electrons. The van der Waals surface area contributed by atoms with Gasteiger partial charge in [-0.15, -0.1) is 16.9 Å². The molecule has 6 heteroatoms. The Balaban J connectivity index is 1.76. The van der Waals surface area contributed by atoms with Gasteiger partial charge < -0.3 is 10.6 Å². The molecule has 112 valence electrons. The summed E-state index contributed by atoms with van der Waals surface area (Å²) in [4.78, 5) is 7.08. The molecule has 2 aliphatic heterocycles. The Bertz CT molecular complexity index is 468. The Morgan fingerprint density at radius 1 is 1.35 bits per heavy atom. The van der Waals surface area contributed by atoms with Crippen molar-refractivity contribution in [2.45, 2.75) is 44.3 Å². The van der Waals surface area contributed by atoms with Gasteiger partial charge in [-0.3, -0.25) is 5.10 Å². The minimum absolute atomic E-state index is 0.123. The van der Waals surface area contributed by atoms with Crippen molar-refractivity contribution >= 4 is 17.7 Å². The molecule has 2 unspecified atom stereocenters. The van der Waals surface area contributed by atoms with E-state index in [1.54, 1.807) is 0 Å². The number of hydrogen-bond donors (Lipinski definition) is 2. The zero-order valence-corrected chi connectivity index (χ0v) is 13.3. The van der Waals surface area contributed by atoms with Crippen molar-refractivity contribution in [3.05, 3.63) is 5.82 Å². The second kappa shape index (κ2) is 5.22. The molecule has 0 spiro atoms. The normalized spacial score (nSPS) is 34.6. The summed E-state index contributed by atoms with van der Waals surface area (Å²) in [6, 6.07) is 0. The largest absolute Gasteiger partial charge is 0.339 e.